The second kappa shape index (κ2) is 8.24. The molecule has 24 heavy (non-hydrogen) atoms. The summed E-state index contributed by atoms with van der Waals surface area (Å²) in [4.78, 5) is 28.6. The highest BCUT2D eigenvalue weighted by Crippen LogP contribution is 2.15. The van der Waals surface area contributed by atoms with Crippen molar-refractivity contribution in [1.29, 1.82) is 0 Å². The first-order valence-corrected chi connectivity index (χ1v) is 7.99. The summed E-state index contributed by atoms with van der Waals surface area (Å²) in [6.45, 7) is 4.14. The molecule has 2 amide bonds. The Kier molecular flexibility index (Phi) is 6.07. The highest BCUT2D eigenvalue weighted by molar-refractivity contribution is 6.04. The summed E-state index contributed by atoms with van der Waals surface area (Å²) >= 11 is 0. The van der Waals surface area contributed by atoms with E-state index >= 15 is 0 Å². The Hall–Kier alpha value is -2.69. The van der Waals surface area contributed by atoms with Gasteiger partial charge in [-0.05, 0) is 43.5 Å². The Morgan fingerprint density at radius 1 is 0.917 bits per heavy atom. The van der Waals surface area contributed by atoms with Crippen molar-refractivity contribution >= 4 is 11.8 Å². The van der Waals surface area contributed by atoms with E-state index in [0.717, 1.165) is 17.5 Å². The predicted octanol–water partition coefficient (Wildman–Crippen LogP) is 2.08. The molecule has 0 radical (unpaired) electrons. The van der Waals surface area contributed by atoms with E-state index in [0.29, 0.717) is 13.1 Å². The van der Waals surface area contributed by atoms with Gasteiger partial charge in [-0.2, -0.15) is 0 Å². The van der Waals surface area contributed by atoms with Crippen molar-refractivity contribution in [3.8, 4) is 0 Å². The first kappa shape index (κ1) is 17.7. The first-order chi connectivity index (χ1) is 11.5. The number of pyridine rings is 1. The van der Waals surface area contributed by atoms with E-state index in [1.807, 2.05) is 42.5 Å². The molecular formula is C19H23N3O2. The summed E-state index contributed by atoms with van der Waals surface area (Å²) in [5.41, 5.74) is 0.973. The van der Waals surface area contributed by atoms with Crippen LogP contribution in [0.5, 0.6) is 0 Å². The van der Waals surface area contributed by atoms with Crippen LogP contribution in [0, 0.1) is 5.41 Å². The molecule has 1 aromatic heterocycles. The fourth-order valence-corrected chi connectivity index (χ4v) is 2.19. The van der Waals surface area contributed by atoms with Crippen LogP contribution in [-0.4, -0.2) is 23.3 Å². The monoisotopic (exact) mass is 325 g/mol. The summed E-state index contributed by atoms with van der Waals surface area (Å²) in [6.07, 6.45) is 4.08. The Bertz CT molecular complexity index is 670. The van der Waals surface area contributed by atoms with Crippen molar-refractivity contribution in [2.45, 2.75) is 26.8 Å². The zero-order chi connectivity index (χ0) is 17.4. The molecule has 0 aliphatic heterocycles. The number of carbonyl (C=O) groups is 2. The second-order valence-corrected chi connectivity index (χ2v) is 6.15. The van der Waals surface area contributed by atoms with Crippen molar-refractivity contribution in [1.82, 2.24) is 15.6 Å². The van der Waals surface area contributed by atoms with E-state index in [1.54, 1.807) is 26.2 Å². The van der Waals surface area contributed by atoms with Gasteiger partial charge < -0.3 is 10.6 Å². The van der Waals surface area contributed by atoms with Crippen LogP contribution < -0.4 is 10.6 Å². The maximum atomic E-state index is 12.3. The van der Waals surface area contributed by atoms with Gasteiger partial charge in [0.25, 0.3) is 0 Å². The summed E-state index contributed by atoms with van der Waals surface area (Å²) < 4.78 is 0. The molecule has 1 aromatic carbocycles. The Morgan fingerprint density at radius 2 is 1.54 bits per heavy atom. The number of amides is 2. The number of rotatable bonds is 7. The lowest BCUT2D eigenvalue weighted by atomic mass is 9.91. The SMILES string of the molecule is CC(C)(C(=O)NCCc1ccccc1)C(=O)NCc1ccncc1. The van der Waals surface area contributed by atoms with Gasteiger partial charge in [-0.15, -0.1) is 0 Å². The Morgan fingerprint density at radius 3 is 2.21 bits per heavy atom. The summed E-state index contributed by atoms with van der Waals surface area (Å²) in [7, 11) is 0. The first-order valence-electron chi connectivity index (χ1n) is 7.99. The van der Waals surface area contributed by atoms with Gasteiger partial charge in [-0.1, -0.05) is 30.3 Å². The van der Waals surface area contributed by atoms with Crippen molar-refractivity contribution in [2.75, 3.05) is 6.54 Å². The molecule has 0 fully saturated rings. The Labute approximate surface area is 142 Å². The maximum Gasteiger partial charge on any atom is 0.235 e. The average Bonchev–Trinajstić information content (AvgIpc) is 2.61. The minimum absolute atomic E-state index is 0.273. The van der Waals surface area contributed by atoms with Gasteiger partial charge in [0, 0.05) is 25.5 Å². The van der Waals surface area contributed by atoms with Gasteiger partial charge in [0.15, 0.2) is 0 Å². The van der Waals surface area contributed by atoms with Crippen molar-refractivity contribution in [3.63, 3.8) is 0 Å². The third-order valence-corrected chi connectivity index (χ3v) is 3.88. The minimum Gasteiger partial charge on any atom is -0.355 e. The number of carbonyl (C=O) groups excluding carboxylic acids is 2. The molecule has 0 atom stereocenters. The molecular weight excluding hydrogens is 302 g/mol. The van der Waals surface area contributed by atoms with Gasteiger partial charge in [0.1, 0.15) is 5.41 Å². The maximum absolute atomic E-state index is 12.3. The number of hydrogen-bond acceptors (Lipinski definition) is 3. The van der Waals surface area contributed by atoms with E-state index in [-0.39, 0.29) is 11.8 Å². The molecule has 0 saturated carbocycles. The van der Waals surface area contributed by atoms with Gasteiger partial charge >= 0.3 is 0 Å². The van der Waals surface area contributed by atoms with Crippen LogP contribution >= 0.6 is 0 Å². The largest absolute Gasteiger partial charge is 0.355 e. The standard InChI is InChI=1S/C19H23N3O2/c1-19(2,18(24)22-14-16-8-11-20-12-9-16)17(23)21-13-10-15-6-4-3-5-7-15/h3-9,11-12H,10,13-14H2,1-2H3,(H,21,23)(H,22,24). The zero-order valence-electron chi connectivity index (χ0n) is 14.1. The molecule has 0 bridgehead atoms. The van der Waals surface area contributed by atoms with Crippen LogP contribution in [-0.2, 0) is 22.6 Å². The van der Waals surface area contributed by atoms with Gasteiger partial charge in [0.05, 0.1) is 0 Å². The molecule has 0 unspecified atom stereocenters. The van der Waals surface area contributed by atoms with E-state index in [4.69, 9.17) is 0 Å². The molecule has 2 aromatic rings. The van der Waals surface area contributed by atoms with E-state index < -0.39 is 5.41 Å². The highest BCUT2D eigenvalue weighted by atomic mass is 16.2. The van der Waals surface area contributed by atoms with E-state index in [9.17, 15) is 9.59 Å². The molecule has 0 aliphatic rings. The normalized spacial score (nSPS) is 10.9. The van der Waals surface area contributed by atoms with Crippen LogP contribution in [0.15, 0.2) is 54.9 Å². The summed E-state index contributed by atoms with van der Waals surface area (Å²) in [6, 6.07) is 13.6. The summed E-state index contributed by atoms with van der Waals surface area (Å²) in [5.74, 6) is -0.567. The van der Waals surface area contributed by atoms with Crippen LogP contribution in [0.3, 0.4) is 0 Å². The van der Waals surface area contributed by atoms with Gasteiger partial charge in [-0.3, -0.25) is 14.6 Å². The van der Waals surface area contributed by atoms with Crippen molar-refractivity contribution in [2.24, 2.45) is 5.41 Å². The molecule has 5 nitrogen and oxygen atoms in total. The fourth-order valence-electron chi connectivity index (χ4n) is 2.19. The highest BCUT2D eigenvalue weighted by Gasteiger charge is 2.35. The summed E-state index contributed by atoms with van der Waals surface area (Å²) in [5, 5.41) is 5.64. The Balaban J connectivity index is 1.81. The number of hydrogen-bond donors (Lipinski definition) is 2. The third kappa shape index (κ3) is 4.91. The molecule has 2 N–H and O–H groups in total. The van der Waals surface area contributed by atoms with Gasteiger partial charge in [0.2, 0.25) is 11.8 Å². The van der Waals surface area contributed by atoms with Crippen molar-refractivity contribution in [3.05, 3.63) is 66.0 Å². The molecule has 0 saturated heterocycles. The topological polar surface area (TPSA) is 71.1 Å². The fraction of sp³-hybridized carbons (Fsp3) is 0.316. The second-order valence-electron chi connectivity index (χ2n) is 6.15. The molecule has 0 aliphatic carbocycles. The third-order valence-electron chi connectivity index (χ3n) is 3.88. The van der Waals surface area contributed by atoms with Crippen LogP contribution in [0.4, 0.5) is 0 Å². The molecule has 126 valence electrons. The lowest BCUT2D eigenvalue weighted by Gasteiger charge is -2.22. The van der Waals surface area contributed by atoms with Gasteiger partial charge in [-0.25, -0.2) is 0 Å². The van der Waals surface area contributed by atoms with Crippen LogP contribution in [0.25, 0.3) is 0 Å². The molecule has 2 rings (SSSR count). The smallest absolute Gasteiger partial charge is 0.235 e. The lowest BCUT2D eigenvalue weighted by Crippen LogP contribution is -2.48. The van der Waals surface area contributed by atoms with E-state index in [2.05, 4.69) is 15.6 Å². The quantitative estimate of drug-likeness (QED) is 0.766. The molecule has 5 heteroatoms. The van der Waals surface area contributed by atoms with Crippen LogP contribution in [0.1, 0.15) is 25.0 Å². The van der Waals surface area contributed by atoms with Crippen LogP contribution in [0.2, 0.25) is 0 Å². The average molecular weight is 325 g/mol. The number of aromatic nitrogens is 1. The number of nitrogens with zero attached hydrogens (tertiary/aromatic N) is 1. The van der Waals surface area contributed by atoms with Crippen molar-refractivity contribution < 1.29 is 9.59 Å². The lowest BCUT2D eigenvalue weighted by molar-refractivity contribution is -0.141. The minimum atomic E-state index is -1.12. The number of nitrogens with one attached hydrogen (secondary N) is 2. The van der Waals surface area contributed by atoms with E-state index in [1.165, 1.54) is 0 Å². The molecule has 1 heterocycles. The number of benzene rings is 1. The zero-order valence-corrected chi connectivity index (χ0v) is 14.1. The molecule has 0 spiro atoms. The predicted molar refractivity (Wildman–Crippen MR) is 93.0 cm³/mol.